The van der Waals surface area contributed by atoms with Gasteiger partial charge in [-0.15, -0.1) is 16.4 Å². The molecule has 0 N–H and O–H groups in total. The number of halogens is 1. The van der Waals surface area contributed by atoms with Crippen molar-refractivity contribution in [2.45, 2.75) is 26.2 Å². The van der Waals surface area contributed by atoms with Crippen LogP contribution in [0.1, 0.15) is 26.6 Å². The van der Waals surface area contributed by atoms with Crippen LogP contribution in [0, 0.1) is 0 Å². The average Bonchev–Trinajstić information content (AvgIpc) is 2.89. The minimum atomic E-state index is -0.0387. The third-order valence-electron chi connectivity index (χ3n) is 2.89. The fourth-order valence-corrected chi connectivity index (χ4v) is 2.78. The van der Waals surface area contributed by atoms with Gasteiger partial charge < -0.3 is 0 Å². The van der Waals surface area contributed by atoms with Crippen LogP contribution in [0.4, 0.5) is 0 Å². The number of aromatic nitrogens is 3. The summed E-state index contributed by atoms with van der Waals surface area (Å²) in [5.41, 5.74) is 2.11. The van der Waals surface area contributed by atoms with Crippen molar-refractivity contribution in [1.29, 1.82) is 0 Å². The molecule has 0 radical (unpaired) electrons. The van der Waals surface area contributed by atoms with Crippen molar-refractivity contribution in [2.75, 3.05) is 0 Å². The third kappa shape index (κ3) is 2.26. The van der Waals surface area contributed by atoms with Crippen molar-refractivity contribution in [3.8, 4) is 11.3 Å². The minimum Gasteiger partial charge on any atom is -0.203 e. The maximum absolute atomic E-state index is 5.92. The highest BCUT2D eigenvalue weighted by Crippen LogP contribution is 2.28. The number of hydrogen-bond donors (Lipinski definition) is 0. The van der Waals surface area contributed by atoms with E-state index in [9.17, 15) is 0 Å². The first kappa shape index (κ1) is 12.6. The lowest BCUT2D eigenvalue weighted by atomic mass is 9.96. The van der Waals surface area contributed by atoms with Crippen molar-refractivity contribution >= 4 is 27.9 Å². The standard InChI is InChI=1S/C14H14ClN3S/c1-14(2,3)12-16-13-18(17-12)11(8-19-13)9-4-6-10(15)7-5-9/h4-8H,1-3H3. The van der Waals surface area contributed by atoms with Crippen molar-refractivity contribution in [2.24, 2.45) is 0 Å². The van der Waals surface area contributed by atoms with Gasteiger partial charge in [0.1, 0.15) is 0 Å². The van der Waals surface area contributed by atoms with E-state index in [1.165, 1.54) is 0 Å². The monoisotopic (exact) mass is 291 g/mol. The van der Waals surface area contributed by atoms with Crippen LogP contribution < -0.4 is 0 Å². The summed E-state index contributed by atoms with van der Waals surface area (Å²) in [6.45, 7) is 6.36. The Morgan fingerprint density at radius 1 is 1.16 bits per heavy atom. The molecule has 3 aromatic rings. The Labute approximate surface area is 120 Å². The quantitative estimate of drug-likeness (QED) is 0.665. The molecule has 3 rings (SSSR count). The predicted octanol–water partition coefficient (Wildman–Crippen LogP) is 4.41. The predicted molar refractivity (Wildman–Crippen MR) is 80.0 cm³/mol. The van der Waals surface area contributed by atoms with Crippen molar-refractivity contribution in [1.82, 2.24) is 14.6 Å². The van der Waals surface area contributed by atoms with Crippen LogP contribution in [-0.2, 0) is 5.41 Å². The summed E-state index contributed by atoms with van der Waals surface area (Å²) in [7, 11) is 0. The summed E-state index contributed by atoms with van der Waals surface area (Å²) in [6, 6.07) is 7.79. The normalized spacial score (nSPS) is 12.2. The molecule has 0 aliphatic carbocycles. The van der Waals surface area contributed by atoms with E-state index in [-0.39, 0.29) is 5.41 Å². The second-order valence-electron chi connectivity index (χ2n) is 5.51. The smallest absolute Gasteiger partial charge is 0.203 e. The van der Waals surface area contributed by atoms with E-state index in [1.54, 1.807) is 11.3 Å². The van der Waals surface area contributed by atoms with Gasteiger partial charge in [0.2, 0.25) is 4.96 Å². The number of benzene rings is 1. The fraction of sp³-hybridized carbons (Fsp3) is 0.286. The van der Waals surface area contributed by atoms with E-state index in [0.717, 1.165) is 27.1 Å². The van der Waals surface area contributed by atoms with Crippen LogP contribution in [0.2, 0.25) is 5.02 Å². The molecule has 19 heavy (non-hydrogen) atoms. The molecule has 0 spiro atoms. The van der Waals surface area contributed by atoms with Gasteiger partial charge in [-0.25, -0.2) is 9.50 Å². The van der Waals surface area contributed by atoms with Crippen LogP contribution in [0.3, 0.4) is 0 Å². The van der Waals surface area contributed by atoms with E-state index in [0.29, 0.717) is 0 Å². The van der Waals surface area contributed by atoms with Gasteiger partial charge >= 0.3 is 0 Å². The van der Waals surface area contributed by atoms with E-state index in [4.69, 9.17) is 11.6 Å². The van der Waals surface area contributed by atoms with E-state index in [2.05, 4.69) is 36.2 Å². The zero-order valence-electron chi connectivity index (χ0n) is 11.0. The summed E-state index contributed by atoms with van der Waals surface area (Å²) in [6.07, 6.45) is 0. The van der Waals surface area contributed by atoms with Crippen LogP contribution in [-0.4, -0.2) is 14.6 Å². The lowest BCUT2D eigenvalue weighted by molar-refractivity contribution is 0.545. The molecule has 98 valence electrons. The molecule has 0 unspecified atom stereocenters. The molecule has 2 heterocycles. The molecule has 5 heteroatoms. The fourth-order valence-electron chi connectivity index (χ4n) is 1.82. The lowest BCUT2D eigenvalue weighted by Gasteiger charge is -2.12. The Bertz CT molecular complexity index is 719. The van der Waals surface area contributed by atoms with Gasteiger partial charge in [0.15, 0.2) is 5.82 Å². The first-order valence-corrected chi connectivity index (χ1v) is 7.31. The van der Waals surface area contributed by atoms with Crippen LogP contribution >= 0.6 is 22.9 Å². The summed E-state index contributed by atoms with van der Waals surface area (Å²) in [4.78, 5) is 5.52. The molecule has 0 amide bonds. The Hall–Kier alpha value is -1.39. The van der Waals surface area contributed by atoms with Crippen LogP contribution in [0.25, 0.3) is 16.2 Å². The second kappa shape index (κ2) is 4.32. The summed E-state index contributed by atoms with van der Waals surface area (Å²) in [5, 5.41) is 7.44. The van der Waals surface area contributed by atoms with Crippen LogP contribution in [0.15, 0.2) is 29.6 Å². The molecular weight excluding hydrogens is 278 g/mol. The second-order valence-corrected chi connectivity index (χ2v) is 6.78. The highest BCUT2D eigenvalue weighted by Gasteiger charge is 2.21. The first-order valence-electron chi connectivity index (χ1n) is 6.06. The summed E-state index contributed by atoms with van der Waals surface area (Å²) >= 11 is 7.53. The molecular formula is C14H14ClN3S. The molecule has 3 nitrogen and oxygen atoms in total. The molecule has 0 atom stereocenters. The topological polar surface area (TPSA) is 30.2 Å². The molecule has 0 aliphatic heterocycles. The zero-order valence-corrected chi connectivity index (χ0v) is 12.6. The van der Waals surface area contributed by atoms with E-state index in [1.807, 2.05) is 28.8 Å². The minimum absolute atomic E-state index is 0.0387. The Morgan fingerprint density at radius 2 is 1.84 bits per heavy atom. The third-order valence-corrected chi connectivity index (χ3v) is 3.96. The van der Waals surface area contributed by atoms with Crippen molar-refractivity contribution in [3.63, 3.8) is 0 Å². The number of nitrogens with zero attached hydrogens (tertiary/aromatic N) is 3. The SMILES string of the molecule is CC(C)(C)c1nc2scc(-c3ccc(Cl)cc3)n2n1. The molecule has 0 saturated heterocycles. The van der Waals surface area contributed by atoms with Gasteiger partial charge in [-0.1, -0.05) is 44.5 Å². The van der Waals surface area contributed by atoms with Crippen molar-refractivity contribution < 1.29 is 0 Å². The van der Waals surface area contributed by atoms with E-state index < -0.39 is 0 Å². The Morgan fingerprint density at radius 3 is 2.47 bits per heavy atom. The highest BCUT2D eigenvalue weighted by atomic mass is 35.5. The zero-order chi connectivity index (χ0) is 13.6. The summed E-state index contributed by atoms with van der Waals surface area (Å²) < 4.78 is 1.91. The van der Waals surface area contributed by atoms with E-state index >= 15 is 0 Å². The van der Waals surface area contributed by atoms with Gasteiger partial charge in [0.25, 0.3) is 0 Å². The summed E-state index contributed by atoms with van der Waals surface area (Å²) in [5.74, 6) is 0.870. The molecule has 2 aromatic heterocycles. The number of fused-ring (bicyclic) bond motifs is 1. The molecule has 1 aromatic carbocycles. The number of thiazole rings is 1. The number of rotatable bonds is 1. The molecule has 0 fully saturated rings. The Balaban J connectivity index is 2.14. The van der Waals surface area contributed by atoms with Gasteiger partial charge in [0, 0.05) is 21.4 Å². The van der Waals surface area contributed by atoms with Gasteiger partial charge in [-0.05, 0) is 12.1 Å². The average molecular weight is 292 g/mol. The largest absolute Gasteiger partial charge is 0.212 e. The molecule has 0 saturated carbocycles. The molecule has 0 bridgehead atoms. The maximum atomic E-state index is 5.92. The highest BCUT2D eigenvalue weighted by molar-refractivity contribution is 7.15. The maximum Gasteiger partial charge on any atom is 0.212 e. The van der Waals surface area contributed by atoms with Gasteiger partial charge in [0.05, 0.1) is 5.69 Å². The van der Waals surface area contributed by atoms with Crippen molar-refractivity contribution in [3.05, 3.63) is 40.5 Å². The lowest BCUT2D eigenvalue weighted by Crippen LogP contribution is -2.13. The molecule has 0 aliphatic rings. The Kier molecular flexibility index (Phi) is 2.87. The first-order chi connectivity index (χ1) is 8.95. The van der Waals surface area contributed by atoms with Gasteiger partial charge in [-0.2, -0.15) is 0 Å². The van der Waals surface area contributed by atoms with Gasteiger partial charge in [-0.3, -0.25) is 0 Å². The van der Waals surface area contributed by atoms with Crippen LogP contribution in [0.5, 0.6) is 0 Å². The number of hydrogen-bond acceptors (Lipinski definition) is 3.